The summed E-state index contributed by atoms with van der Waals surface area (Å²) in [6, 6.07) is 0.144. The Labute approximate surface area is 137 Å². The molecule has 2 fully saturated rings. The molecular weight excluding hydrogens is 298 g/mol. The molecule has 1 aliphatic heterocycles. The lowest BCUT2D eigenvalue weighted by Gasteiger charge is -2.30. The Morgan fingerprint density at radius 3 is 2.26 bits per heavy atom. The molecule has 0 unspecified atom stereocenters. The van der Waals surface area contributed by atoms with Gasteiger partial charge in [-0.3, -0.25) is 9.59 Å². The SMILES string of the molecule is COC(=O)N1CCC(CNC(=O)C(=O)NC2CCCCC2)CC1. The molecule has 1 heterocycles. The Morgan fingerprint density at radius 1 is 1.00 bits per heavy atom. The van der Waals surface area contributed by atoms with Crippen LogP contribution in [0.2, 0.25) is 0 Å². The van der Waals surface area contributed by atoms with Gasteiger partial charge in [-0.1, -0.05) is 19.3 Å². The van der Waals surface area contributed by atoms with Crippen LogP contribution in [0, 0.1) is 5.92 Å². The highest BCUT2D eigenvalue weighted by molar-refractivity contribution is 6.35. The number of hydrogen-bond donors (Lipinski definition) is 2. The van der Waals surface area contributed by atoms with E-state index >= 15 is 0 Å². The van der Waals surface area contributed by atoms with Crippen molar-refractivity contribution in [3.05, 3.63) is 0 Å². The second kappa shape index (κ2) is 8.74. The third-order valence-corrected chi connectivity index (χ3v) is 4.75. The summed E-state index contributed by atoms with van der Waals surface area (Å²) in [6.45, 7) is 1.73. The van der Waals surface area contributed by atoms with Gasteiger partial charge in [0.1, 0.15) is 0 Å². The van der Waals surface area contributed by atoms with Gasteiger partial charge in [-0.15, -0.1) is 0 Å². The molecule has 2 aliphatic rings. The number of nitrogens with one attached hydrogen (secondary N) is 2. The number of carbonyl (C=O) groups excluding carboxylic acids is 3. The number of ether oxygens (including phenoxy) is 1. The summed E-state index contributed by atoms with van der Waals surface area (Å²) < 4.78 is 4.69. The number of piperidine rings is 1. The van der Waals surface area contributed by atoms with Gasteiger partial charge in [0.25, 0.3) is 0 Å². The topological polar surface area (TPSA) is 87.7 Å². The Hall–Kier alpha value is -1.79. The molecule has 0 aromatic carbocycles. The fraction of sp³-hybridized carbons (Fsp3) is 0.812. The van der Waals surface area contributed by atoms with Crippen LogP contribution in [0.1, 0.15) is 44.9 Å². The Balaban J connectivity index is 1.64. The Morgan fingerprint density at radius 2 is 1.65 bits per heavy atom. The molecule has 2 rings (SSSR count). The van der Waals surface area contributed by atoms with E-state index in [1.54, 1.807) is 4.90 Å². The van der Waals surface area contributed by atoms with Gasteiger partial charge in [0, 0.05) is 25.7 Å². The zero-order valence-corrected chi connectivity index (χ0v) is 13.8. The van der Waals surface area contributed by atoms with Gasteiger partial charge in [0.05, 0.1) is 7.11 Å². The number of amides is 3. The zero-order chi connectivity index (χ0) is 16.7. The van der Waals surface area contributed by atoms with E-state index in [4.69, 9.17) is 4.74 Å². The number of likely N-dealkylation sites (tertiary alicyclic amines) is 1. The summed E-state index contributed by atoms with van der Waals surface area (Å²) in [5, 5.41) is 5.53. The van der Waals surface area contributed by atoms with Gasteiger partial charge < -0.3 is 20.3 Å². The second-order valence-electron chi connectivity index (χ2n) is 6.42. The minimum Gasteiger partial charge on any atom is -0.453 e. The van der Waals surface area contributed by atoms with Gasteiger partial charge in [-0.2, -0.15) is 0 Å². The summed E-state index contributed by atoms with van der Waals surface area (Å²) in [7, 11) is 1.37. The van der Waals surface area contributed by atoms with E-state index in [1.807, 2.05) is 0 Å². The van der Waals surface area contributed by atoms with Crippen molar-refractivity contribution in [1.82, 2.24) is 15.5 Å². The minimum absolute atomic E-state index is 0.144. The monoisotopic (exact) mass is 325 g/mol. The third-order valence-electron chi connectivity index (χ3n) is 4.75. The molecule has 0 aromatic rings. The van der Waals surface area contributed by atoms with Crippen molar-refractivity contribution in [3.63, 3.8) is 0 Å². The molecule has 7 heteroatoms. The van der Waals surface area contributed by atoms with Crippen LogP contribution in [0.3, 0.4) is 0 Å². The maximum Gasteiger partial charge on any atom is 0.409 e. The molecule has 0 atom stereocenters. The van der Waals surface area contributed by atoms with Gasteiger partial charge in [0.2, 0.25) is 0 Å². The Kier molecular flexibility index (Phi) is 6.67. The van der Waals surface area contributed by atoms with Crippen molar-refractivity contribution in [1.29, 1.82) is 0 Å². The maximum absolute atomic E-state index is 11.9. The summed E-state index contributed by atoms with van der Waals surface area (Å²) in [6.07, 6.45) is 6.67. The van der Waals surface area contributed by atoms with Crippen molar-refractivity contribution in [2.45, 2.75) is 51.0 Å². The molecule has 130 valence electrons. The van der Waals surface area contributed by atoms with Crippen molar-refractivity contribution in [2.75, 3.05) is 26.7 Å². The first-order chi connectivity index (χ1) is 11.1. The highest BCUT2D eigenvalue weighted by Gasteiger charge is 2.25. The van der Waals surface area contributed by atoms with E-state index in [0.717, 1.165) is 38.5 Å². The third kappa shape index (κ3) is 5.41. The van der Waals surface area contributed by atoms with Crippen LogP contribution >= 0.6 is 0 Å². The Bertz CT molecular complexity index is 427. The fourth-order valence-electron chi connectivity index (χ4n) is 3.26. The first-order valence-electron chi connectivity index (χ1n) is 8.51. The lowest BCUT2D eigenvalue weighted by Crippen LogP contribution is -2.47. The number of carbonyl (C=O) groups is 3. The molecule has 1 saturated heterocycles. The van der Waals surface area contributed by atoms with Crippen molar-refractivity contribution < 1.29 is 19.1 Å². The molecule has 2 N–H and O–H groups in total. The quantitative estimate of drug-likeness (QED) is 0.759. The molecule has 23 heavy (non-hydrogen) atoms. The van der Waals surface area contributed by atoms with E-state index in [9.17, 15) is 14.4 Å². The average molecular weight is 325 g/mol. The summed E-state index contributed by atoms with van der Waals surface area (Å²) in [5.41, 5.74) is 0. The molecule has 3 amide bonds. The number of hydrogen-bond acceptors (Lipinski definition) is 4. The zero-order valence-electron chi connectivity index (χ0n) is 13.8. The minimum atomic E-state index is -0.550. The lowest BCUT2D eigenvalue weighted by molar-refractivity contribution is -0.139. The second-order valence-corrected chi connectivity index (χ2v) is 6.42. The van der Waals surface area contributed by atoms with Crippen LogP contribution in [0.4, 0.5) is 4.79 Å². The van der Waals surface area contributed by atoms with Crippen LogP contribution in [0.25, 0.3) is 0 Å². The van der Waals surface area contributed by atoms with E-state index in [1.165, 1.54) is 13.5 Å². The molecule has 0 radical (unpaired) electrons. The number of methoxy groups -OCH3 is 1. The molecule has 0 aromatic heterocycles. The summed E-state index contributed by atoms with van der Waals surface area (Å²) in [5.74, 6) is -0.780. The molecule has 0 spiro atoms. The average Bonchev–Trinajstić information content (AvgIpc) is 2.60. The normalized spacial score (nSPS) is 20.0. The summed E-state index contributed by atoms with van der Waals surface area (Å²) >= 11 is 0. The van der Waals surface area contributed by atoms with Gasteiger partial charge >= 0.3 is 17.9 Å². The standard InChI is InChI=1S/C16H27N3O4/c1-23-16(22)19-9-7-12(8-10-19)11-17-14(20)15(21)18-13-5-3-2-4-6-13/h12-13H,2-11H2,1H3,(H,17,20)(H,18,21). The summed E-state index contributed by atoms with van der Waals surface area (Å²) in [4.78, 5) is 36.8. The smallest absolute Gasteiger partial charge is 0.409 e. The first kappa shape index (κ1) is 17.6. The first-order valence-corrected chi connectivity index (χ1v) is 8.51. The van der Waals surface area contributed by atoms with E-state index in [2.05, 4.69) is 10.6 Å². The van der Waals surface area contributed by atoms with E-state index in [0.29, 0.717) is 25.6 Å². The van der Waals surface area contributed by atoms with Crippen molar-refractivity contribution in [2.24, 2.45) is 5.92 Å². The van der Waals surface area contributed by atoms with Crippen LogP contribution in [-0.2, 0) is 14.3 Å². The van der Waals surface area contributed by atoms with Crippen LogP contribution in [-0.4, -0.2) is 55.6 Å². The molecule has 1 aliphatic carbocycles. The van der Waals surface area contributed by atoms with E-state index in [-0.39, 0.29) is 12.1 Å². The van der Waals surface area contributed by atoms with Gasteiger partial charge in [-0.05, 0) is 31.6 Å². The van der Waals surface area contributed by atoms with Gasteiger partial charge in [0.15, 0.2) is 0 Å². The number of rotatable bonds is 3. The van der Waals surface area contributed by atoms with Crippen molar-refractivity contribution in [3.8, 4) is 0 Å². The molecule has 7 nitrogen and oxygen atoms in total. The largest absolute Gasteiger partial charge is 0.453 e. The predicted molar refractivity (Wildman–Crippen MR) is 84.7 cm³/mol. The predicted octanol–water partition coefficient (Wildman–Crippen LogP) is 1.03. The van der Waals surface area contributed by atoms with E-state index < -0.39 is 11.8 Å². The van der Waals surface area contributed by atoms with Crippen LogP contribution in [0.5, 0.6) is 0 Å². The van der Waals surface area contributed by atoms with Crippen molar-refractivity contribution >= 4 is 17.9 Å². The van der Waals surface area contributed by atoms with Crippen LogP contribution in [0.15, 0.2) is 0 Å². The number of nitrogens with zero attached hydrogens (tertiary/aromatic N) is 1. The molecular formula is C16H27N3O4. The lowest BCUT2D eigenvalue weighted by atomic mass is 9.95. The maximum atomic E-state index is 11.9. The van der Waals surface area contributed by atoms with Gasteiger partial charge in [-0.25, -0.2) is 4.79 Å². The molecule has 1 saturated carbocycles. The fourth-order valence-corrected chi connectivity index (χ4v) is 3.26. The molecule has 0 bridgehead atoms. The highest BCUT2D eigenvalue weighted by Crippen LogP contribution is 2.18. The van der Waals surface area contributed by atoms with Crippen LogP contribution < -0.4 is 10.6 Å². The highest BCUT2D eigenvalue weighted by atomic mass is 16.5.